The molecule has 1 atom stereocenters. The maximum Gasteiger partial charge on any atom is 0.122 e. The summed E-state index contributed by atoms with van der Waals surface area (Å²) < 4.78 is 5.55. The van der Waals surface area contributed by atoms with Crippen molar-refractivity contribution in [2.75, 3.05) is 6.61 Å². The molecule has 2 heterocycles. The van der Waals surface area contributed by atoms with Gasteiger partial charge in [-0.25, -0.2) is 4.98 Å². The zero-order chi connectivity index (χ0) is 13.1. The number of hydrogen-bond acceptors (Lipinski definition) is 3. The standard InChI is InChI=1S/C15H19N3O/c1-2-13(18-10-15-16-6-7-17-15)11-3-4-14-12(9-11)5-8-19-14/h3-4,6-7,9,13,18H,2,5,8,10H2,1H3,(H,16,17). The van der Waals surface area contributed by atoms with Gasteiger partial charge < -0.3 is 15.0 Å². The van der Waals surface area contributed by atoms with Gasteiger partial charge in [0, 0.05) is 24.9 Å². The molecule has 0 amide bonds. The zero-order valence-electron chi connectivity index (χ0n) is 11.1. The Hall–Kier alpha value is -1.81. The van der Waals surface area contributed by atoms with Gasteiger partial charge in [0.15, 0.2) is 0 Å². The van der Waals surface area contributed by atoms with Crippen LogP contribution in [0.2, 0.25) is 0 Å². The molecule has 0 fully saturated rings. The van der Waals surface area contributed by atoms with Gasteiger partial charge in [0.1, 0.15) is 11.6 Å². The molecule has 1 aliphatic rings. The van der Waals surface area contributed by atoms with Gasteiger partial charge in [0.25, 0.3) is 0 Å². The first-order valence-electron chi connectivity index (χ1n) is 6.84. The molecule has 2 aromatic rings. The summed E-state index contributed by atoms with van der Waals surface area (Å²) in [6.07, 6.45) is 5.72. The lowest BCUT2D eigenvalue weighted by Crippen LogP contribution is -2.21. The largest absolute Gasteiger partial charge is 0.493 e. The number of benzene rings is 1. The fraction of sp³-hybridized carbons (Fsp3) is 0.400. The number of nitrogens with zero attached hydrogens (tertiary/aromatic N) is 1. The van der Waals surface area contributed by atoms with Crippen LogP contribution in [-0.4, -0.2) is 16.6 Å². The van der Waals surface area contributed by atoms with Crippen LogP contribution in [-0.2, 0) is 13.0 Å². The number of fused-ring (bicyclic) bond motifs is 1. The first kappa shape index (κ1) is 12.2. The first-order valence-corrected chi connectivity index (χ1v) is 6.84. The molecule has 100 valence electrons. The van der Waals surface area contributed by atoms with Crippen molar-refractivity contribution in [2.24, 2.45) is 0 Å². The summed E-state index contributed by atoms with van der Waals surface area (Å²) in [6.45, 7) is 3.78. The first-order chi connectivity index (χ1) is 9.36. The molecule has 1 aromatic heterocycles. The van der Waals surface area contributed by atoms with Crippen LogP contribution < -0.4 is 10.1 Å². The van der Waals surface area contributed by atoms with Crippen molar-refractivity contribution < 1.29 is 4.74 Å². The number of hydrogen-bond donors (Lipinski definition) is 2. The second kappa shape index (κ2) is 5.45. The predicted octanol–water partition coefficient (Wildman–Crippen LogP) is 2.59. The van der Waals surface area contributed by atoms with E-state index in [0.717, 1.165) is 37.6 Å². The summed E-state index contributed by atoms with van der Waals surface area (Å²) in [4.78, 5) is 7.35. The third kappa shape index (κ3) is 2.63. The molecule has 4 heteroatoms. The van der Waals surface area contributed by atoms with Crippen LogP contribution >= 0.6 is 0 Å². The minimum absolute atomic E-state index is 0.357. The van der Waals surface area contributed by atoms with Crippen molar-refractivity contribution in [3.63, 3.8) is 0 Å². The molecule has 0 bridgehead atoms. The molecule has 0 saturated heterocycles. The normalized spacial score (nSPS) is 15.0. The highest BCUT2D eigenvalue weighted by atomic mass is 16.5. The van der Waals surface area contributed by atoms with Crippen molar-refractivity contribution in [3.05, 3.63) is 47.5 Å². The summed E-state index contributed by atoms with van der Waals surface area (Å²) in [6, 6.07) is 6.88. The van der Waals surface area contributed by atoms with Crippen LogP contribution in [0.25, 0.3) is 0 Å². The average Bonchev–Trinajstić information content (AvgIpc) is 3.09. The smallest absolute Gasteiger partial charge is 0.122 e. The second-order valence-corrected chi connectivity index (χ2v) is 4.84. The minimum atomic E-state index is 0.357. The van der Waals surface area contributed by atoms with Crippen molar-refractivity contribution in [3.8, 4) is 5.75 Å². The van der Waals surface area contributed by atoms with E-state index < -0.39 is 0 Å². The van der Waals surface area contributed by atoms with Crippen molar-refractivity contribution >= 4 is 0 Å². The molecule has 1 aromatic carbocycles. The van der Waals surface area contributed by atoms with E-state index in [9.17, 15) is 0 Å². The number of imidazole rings is 1. The topological polar surface area (TPSA) is 49.9 Å². The summed E-state index contributed by atoms with van der Waals surface area (Å²) >= 11 is 0. The van der Waals surface area contributed by atoms with Crippen molar-refractivity contribution in [1.82, 2.24) is 15.3 Å². The Morgan fingerprint density at radius 2 is 2.42 bits per heavy atom. The third-order valence-corrected chi connectivity index (χ3v) is 3.59. The number of H-pyrrole nitrogens is 1. The summed E-state index contributed by atoms with van der Waals surface area (Å²) in [7, 11) is 0. The molecule has 1 aliphatic heterocycles. The molecule has 0 radical (unpaired) electrons. The van der Waals surface area contributed by atoms with Crippen molar-refractivity contribution in [1.29, 1.82) is 0 Å². The summed E-state index contributed by atoms with van der Waals surface area (Å²) in [5.74, 6) is 2.02. The SMILES string of the molecule is CCC(NCc1ncc[nH]1)c1ccc2c(c1)CCO2. The molecule has 4 nitrogen and oxygen atoms in total. The molecular weight excluding hydrogens is 238 g/mol. The number of aromatic nitrogens is 2. The summed E-state index contributed by atoms with van der Waals surface area (Å²) in [5.41, 5.74) is 2.66. The lowest BCUT2D eigenvalue weighted by Gasteiger charge is -2.17. The molecule has 0 aliphatic carbocycles. The molecule has 0 saturated carbocycles. The fourth-order valence-corrected chi connectivity index (χ4v) is 2.54. The molecule has 1 unspecified atom stereocenters. The molecule has 2 N–H and O–H groups in total. The molecule has 3 rings (SSSR count). The molecular formula is C15H19N3O. The quantitative estimate of drug-likeness (QED) is 0.865. The van der Waals surface area contributed by atoms with Gasteiger partial charge in [-0.05, 0) is 23.6 Å². The fourth-order valence-electron chi connectivity index (χ4n) is 2.54. The van der Waals surface area contributed by atoms with E-state index in [2.05, 4.69) is 40.4 Å². The van der Waals surface area contributed by atoms with E-state index in [-0.39, 0.29) is 0 Å². The number of ether oxygens (including phenoxy) is 1. The van der Waals surface area contributed by atoms with Crippen LogP contribution in [0, 0.1) is 0 Å². The Balaban J connectivity index is 1.71. The predicted molar refractivity (Wildman–Crippen MR) is 74.1 cm³/mol. The highest BCUT2D eigenvalue weighted by Gasteiger charge is 2.15. The van der Waals surface area contributed by atoms with Gasteiger partial charge in [-0.2, -0.15) is 0 Å². The number of aromatic amines is 1. The Bertz CT molecular complexity index is 536. The van der Waals surface area contributed by atoms with Gasteiger partial charge in [-0.3, -0.25) is 0 Å². The minimum Gasteiger partial charge on any atom is -0.493 e. The van der Waals surface area contributed by atoms with E-state index in [1.807, 2.05) is 6.20 Å². The lowest BCUT2D eigenvalue weighted by molar-refractivity contribution is 0.356. The van der Waals surface area contributed by atoms with E-state index in [1.54, 1.807) is 6.20 Å². The van der Waals surface area contributed by atoms with Crippen LogP contribution in [0.3, 0.4) is 0 Å². The van der Waals surface area contributed by atoms with E-state index in [4.69, 9.17) is 4.74 Å². The van der Waals surface area contributed by atoms with Gasteiger partial charge in [0.05, 0.1) is 13.2 Å². The number of rotatable bonds is 5. The van der Waals surface area contributed by atoms with Gasteiger partial charge in [0.2, 0.25) is 0 Å². The van der Waals surface area contributed by atoms with E-state index >= 15 is 0 Å². The maximum absolute atomic E-state index is 5.55. The maximum atomic E-state index is 5.55. The summed E-state index contributed by atoms with van der Waals surface area (Å²) in [5, 5.41) is 3.54. The Labute approximate surface area is 113 Å². The van der Waals surface area contributed by atoms with Crippen LogP contribution in [0.5, 0.6) is 5.75 Å². The third-order valence-electron chi connectivity index (χ3n) is 3.59. The van der Waals surface area contributed by atoms with E-state index in [0.29, 0.717) is 6.04 Å². The van der Waals surface area contributed by atoms with Gasteiger partial charge >= 0.3 is 0 Å². The second-order valence-electron chi connectivity index (χ2n) is 4.84. The van der Waals surface area contributed by atoms with Crippen LogP contribution in [0.15, 0.2) is 30.6 Å². The van der Waals surface area contributed by atoms with E-state index in [1.165, 1.54) is 11.1 Å². The average molecular weight is 257 g/mol. The van der Waals surface area contributed by atoms with Gasteiger partial charge in [-0.1, -0.05) is 19.1 Å². The monoisotopic (exact) mass is 257 g/mol. The zero-order valence-corrected chi connectivity index (χ0v) is 11.1. The van der Waals surface area contributed by atoms with Crippen molar-refractivity contribution in [2.45, 2.75) is 32.4 Å². The number of nitrogens with one attached hydrogen (secondary N) is 2. The van der Waals surface area contributed by atoms with Crippen LogP contribution in [0.4, 0.5) is 0 Å². The lowest BCUT2D eigenvalue weighted by atomic mass is 10.0. The Morgan fingerprint density at radius 3 is 3.21 bits per heavy atom. The highest BCUT2D eigenvalue weighted by Crippen LogP contribution is 2.29. The highest BCUT2D eigenvalue weighted by molar-refractivity contribution is 5.40. The molecule has 19 heavy (non-hydrogen) atoms. The Kier molecular flexibility index (Phi) is 3.51. The van der Waals surface area contributed by atoms with Gasteiger partial charge in [-0.15, -0.1) is 0 Å². The van der Waals surface area contributed by atoms with Crippen LogP contribution in [0.1, 0.15) is 36.3 Å². The Morgan fingerprint density at radius 1 is 1.47 bits per heavy atom. The molecule has 0 spiro atoms.